The molecule has 1 aromatic heterocycles. The Balaban J connectivity index is 2.59. The summed E-state index contributed by atoms with van der Waals surface area (Å²) in [5.74, 6) is 0.230. The van der Waals surface area contributed by atoms with Crippen molar-refractivity contribution >= 4 is 5.69 Å². The fourth-order valence-electron chi connectivity index (χ4n) is 1.72. The first-order valence-corrected chi connectivity index (χ1v) is 5.22. The quantitative estimate of drug-likeness (QED) is 0.812. The lowest BCUT2D eigenvalue weighted by molar-refractivity contribution is 0.475. The molecule has 0 fully saturated rings. The smallest absolute Gasteiger partial charge is 0.116 e. The Bertz CT molecular complexity index is 503. The fourth-order valence-corrected chi connectivity index (χ4v) is 1.72. The predicted molar refractivity (Wildman–Crippen MR) is 64.1 cm³/mol. The molecule has 0 radical (unpaired) electrons. The molecule has 16 heavy (non-hydrogen) atoms. The van der Waals surface area contributed by atoms with Gasteiger partial charge in [0.1, 0.15) is 5.75 Å². The van der Waals surface area contributed by atoms with E-state index in [1.165, 1.54) is 0 Å². The molecule has 0 atom stereocenters. The average Bonchev–Trinajstić information content (AvgIpc) is 2.60. The summed E-state index contributed by atoms with van der Waals surface area (Å²) in [6.07, 6.45) is 1.64. The van der Waals surface area contributed by atoms with E-state index in [2.05, 4.69) is 5.10 Å². The summed E-state index contributed by atoms with van der Waals surface area (Å²) in [6.45, 7) is 4.08. The number of hydrogen-bond acceptors (Lipinski definition) is 3. The van der Waals surface area contributed by atoms with Crippen molar-refractivity contribution in [2.24, 2.45) is 0 Å². The number of nitrogen functional groups attached to an aromatic ring is 1. The molecule has 0 saturated heterocycles. The van der Waals surface area contributed by atoms with Crippen molar-refractivity contribution in [3.05, 3.63) is 30.5 Å². The minimum Gasteiger partial charge on any atom is -0.508 e. The van der Waals surface area contributed by atoms with Crippen LogP contribution in [0.2, 0.25) is 0 Å². The number of aromatic nitrogens is 2. The number of phenolic OH excluding ortho intramolecular Hbond substituents is 1. The first-order valence-electron chi connectivity index (χ1n) is 5.22. The molecule has 2 aromatic rings. The molecular formula is C12H15N3O. The first kappa shape index (κ1) is 10.5. The Morgan fingerprint density at radius 3 is 2.75 bits per heavy atom. The topological polar surface area (TPSA) is 64.1 Å². The van der Waals surface area contributed by atoms with E-state index in [9.17, 15) is 5.11 Å². The highest BCUT2D eigenvalue weighted by atomic mass is 16.3. The van der Waals surface area contributed by atoms with Gasteiger partial charge in [-0.05, 0) is 26.0 Å². The number of phenols is 1. The van der Waals surface area contributed by atoms with Crippen molar-refractivity contribution in [1.29, 1.82) is 0 Å². The Morgan fingerprint density at radius 1 is 1.38 bits per heavy atom. The van der Waals surface area contributed by atoms with Gasteiger partial charge in [0.05, 0.1) is 17.6 Å². The number of anilines is 1. The summed E-state index contributed by atoms with van der Waals surface area (Å²) in [5, 5.41) is 13.7. The fraction of sp³-hybridized carbons (Fsp3) is 0.250. The van der Waals surface area contributed by atoms with Crippen LogP contribution >= 0.6 is 0 Å². The molecule has 0 aliphatic heterocycles. The third-order valence-electron chi connectivity index (χ3n) is 2.43. The first-order chi connectivity index (χ1) is 7.59. The average molecular weight is 217 g/mol. The van der Waals surface area contributed by atoms with Crippen molar-refractivity contribution in [1.82, 2.24) is 9.78 Å². The normalized spacial score (nSPS) is 10.9. The Labute approximate surface area is 94.3 Å². The highest BCUT2D eigenvalue weighted by Gasteiger charge is 2.13. The van der Waals surface area contributed by atoms with Gasteiger partial charge in [-0.15, -0.1) is 0 Å². The van der Waals surface area contributed by atoms with Gasteiger partial charge >= 0.3 is 0 Å². The zero-order valence-electron chi connectivity index (χ0n) is 9.38. The standard InChI is InChI=1S/C12H15N3O/c1-8(2)15-12(11(13)7-14-15)9-4-3-5-10(16)6-9/h3-8,16H,13H2,1-2H3. The molecule has 0 spiro atoms. The SMILES string of the molecule is CC(C)n1ncc(N)c1-c1cccc(O)c1. The molecular weight excluding hydrogens is 202 g/mol. The van der Waals surface area contributed by atoms with Gasteiger partial charge in [-0.25, -0.2) is 0 Å². The van der Waals surface area contributed by atoms with Crippen molar-refractivity contribution in [3.63, 3.8) is 0 Å². The molecule has 0 saturated carbocycles. The van der Waals surface area contributed by atoms with Crippen LogP contribution in [0, 0.1) is 0 Å². The number of rotatable bonds is 2. The lowest BCUT2D eigenvalue weighted by atomic mass is 10.1. The molecule has 4 nitrogen and oxygen atoms in total. The summed E-state index contributed by atoms with van der Waals surface area (Å²) in [7, 11) is 0. The summed E-state index contributed by atoms with van der Waals surface area (Å²) < 4.78 is 1.85. The molecule has 0 aliphatic carbocycles. The third-order valence-corrected chi connectivity index (χ3v) is 2.43. The van der Waals surface area contributed by atoms with Crippen LogP contribution in [0.4, 0.5) is 5.69 Å². The Kier molecular flexibility index (Phi) is 2.56. The third kappa shape index (κ3) is 1.74. The monoisotopic (exact) mass is 217 g/mol. The molecule has 4 heteroatoms. The van der Waals surface area contributed by atoms with Crippen LogP contribution < -0.4 is 5.73 Å². The van der Waals surface area contributed by atoms with Crippen molar-refractivity contribution < 1.29 is 5.11 Å². The largest absolute Gasteiger partial charge is 0.508 e. The van der Waals surface area contributed by atoms with Gasteiger partial charge < -0.3 is 10.8 Å². The molecule has 0 aliphatic rings. The van der Waals surface area contributed by atoms with Gasteiger partial charge in [0.15, 0.2) is 0 Å². The maximum absolute atomic E-state index is 9.46. The van der Waals surface area contributed by atoms with Gasteiger partial charge in [0.2, 0.25) is 0 Å². The van der Waals surface area contributed by atoms with Crippen LogP contribution in [-0.4, -0.2) is 14.9 Å². The predicted octanol–water partition coefficient (Wildman–Crippen LogP) is 2.42. The van der Waals surface area contributed by atoms with Gasteiger partial charge in [-0.2, -0.15) is 5.10 Å². The molecule has 0 bridgehead atoms. The van der Waals surface area contributed by atoms with Gasteiger partial charge in [0.25, 0.3) is 0 Å². The molecule has 84 valence electrons. The number of aromatic hydroxyl groups is 1. The zero-order chi connectivity index (χ0) is 11.7. The molecule has 0 unspecified atom stereocenters. The molecule has 1 aromatic carbocycles. The van der Waals surface area contributed by atoms with Crippen LogP contribution in [0.15, 0.2) is 30.5 Å². The lowest BCUT2D eigenvalue weighted by Crippen LogP contribution is -2.05. The van der Waals surface area contributed by atoms with Crippen LogP contribution in [-0.2, 0) is 0 Å². The summed E-state index contributed by atoms with van der Waals surface area (Å²) in [6, 6.07) is 7.25. The molecule has 1 heterocycles. The minimum absolute atomic E-state index is 0.230. The Morgan fingerprint density at radius 2 is 2.12 bits per heavy atom. The molecule has 2 rings (SSSR count). The lowest BCUT2D eigenvalue weighted by Gasteiger charge is -2.11. The second kappa shape index (κ2) is 3.89. The second-order valence-electron chi connectivity index (χ2n) is 4.04. The number of nitrogens with two attached hydrogens (primary N) is 1. The molecule has 3 N–H and O–H groups in total. The van der Waals surface area contributed by atoms with E-state index in [0.717, 1.165) is 11.3 Å². The Hall–Kier alpha value is -1.97. The van der Waals surface area contributed by atoms with Crippen LogP contribution in [0.25, 0.3) is 11.3 Å². The number of nitrogens with zero attached hydrogens (tertiary/aromatic N) is 2. The number of benzene rings is 1. The van der Waals surface area contributed by atoms with E-state index >= 15 is 0 Å². The second-order valence-corrected chi connectivity index (χ2v) is 4.04. The maximum Gasteiger partial charge on any atom is 0.116 e. The van der Waals surface area contributed by atoms with E-state index in [1.807, 2.05) is 24.6 Å². The van der Waals surface area contributed by atoms with Crippen molar-refractivity contribution in [2.75, 3.05) is 5.73 Å². The van der Waals surface area contributed by atoms with Crippen LogP contribution in [0.5, 0.6) is 5.75 Å². The van der Waals surface area contributed by atoms with Crippen LogP contribution in [0.3, 0.4) is 0 Å². The van der Waals surface area contributed by atoms with E-state index in [0.29, 0.717) is 5.69 Å². The zero-order valence-corrected chi connectivity index (χ0v) is 9.38. The van der Waals surface area contributed by atoms with Crippen molar-refractivity contribution in [3.8, 4) is 17.0 Å². The van der Waals surface area contributed by atoms with E-state index in [4.69, 9.17) is 5.73 Å². The van der Waals surface area contributed by atoms with E-state index < -0.39 is 0 Å². The van der Waals surface area contributed by atoms with Gasteiger partial charge in [0, 0.05) is 11.6 Å². The summed E-state index contributed by atoms with van der Waals surface area (Å²) in [5.41, 5.74) is 8.25. The van der Waals surface area contributed by atoms with Gasteiger partial charge in [-0.3, -0.25) is 4.68 Å². The minimum atomic E-state index is 0.230. The maximum atomic E-state index is 9.46. The molecule has 0 amide bonds. The highest BCUT2D eigenvalue weighted by Crippen LogP contribution is 2.29. The van der Waals surface area contributed by atoms with E-state index in [-0.39, 0.29) is 11.8 Å². The summed E-state index contributed by atoms with van der Waals surface area (Å²) >= 11 is 0. The van der Waals surface area contributed by atoms with Crippen LogP contribution in [0.1, 0.15) is 19.9 Å². The van der Waals surface area contributed by atoms with E-state index in [1.54, 1.807) is 24.4 Å². The van der Waals surface area contributed by atoms with Gasteiger partial charge in [-0.1, -0.05) is 12.1 Å². The highest BCUT2D eigenvalue weighted by molar-refractivity contribution is 5.73. The number of hydrogen-bond donors (Lipinski definition) is 2. The van der Waals surface area contributed by atoms with Crippen molar-refractivity contribution in [2.45, 2.75) is 19.9 Å². The summed E-state index contributed by atoms with van der Waals surface area (Å²) in [4.78, 5) is 0.